The molecule has 6 heteroatoms. The van der Waals surface area contributed by atoms with Crippen LogP contribution in [0.2, 0.25) is 0 Å². The first-order valence-corrected chi connectivity index (χ1v) is 8.13. The number of allylic oxidation sites excluding steroid dienone is 3. The molecule has 1 amide bonds. The van der Waals surface area contributed by atoms with Crippen molar-refractivity contribution in [2.75, 3.05) is 0 Å². The van der Waals surface area contributed by atoms with Crippen LogP contribution >= 0.6 is 11.6 Å². The first-order valence-electron chi connectivity index (χ1n) is 7.75. The lowest BCUT2D eigenvalue weighted by atomic mass is 9.96. The van der Waals surface area contributed by atoms with Crippen LogP contribution in [-0.4, -0.2) is 17.5 Å². The number of primary amides is 1. The van der Waals surface area contributed by atoms with Crippen molar-refractivity contribution in [3.8, 4) is 6.07 Å². The predicted octanol–water partition coefficient (Wildman–Crippen LogP) is 2.93. The van der Waals surface area contributed by atoms with Gasteiger partial charge >= 0.3 is 0 Å². The average Bonchev–Trinajstić information content (AvgIpc) is 2.80. The van der Waals surface area contributed by atoms with E-state index in [2.05, 4.69) is 0 Å². The average molecular weight is 337 g/mol. The van der Waals surface area contributed by atoms with E-state index in [-0.39, 0.29) is 11.6 Å². The van der Waals surface area contributed by atoms with Gasteiger partial charge in [-0.25, -0.2) is 0 Å². The molecule has 0 saturated carbocycles. The maximum absolute atomic E-state index is 11.2. The minimum Gasteiger partial charge on any atom is -0.368 e. The molecule has 0 bridgehead atoms. The zero-order valence-electron chi connectivity index (χ0n) is 13.0. The maximum Gasteiger partial charge on any atom is 0.238 e. The molecule has 2 N–H and O–H groups in total. The summed E-state index contributed by atoms with van der Waals surface area (Å²) in [6, 6.07) is 1.82. The van der Waals surface area contributed by atoms with Gasteiger partial charge in [0.2, 0.25) is 5.91 Å². The quantitative estimate of drug-likeness (QED) is 0.837. The molecule has 0 fully saturated rings. The van der Waals surface area contributed by atoms with E-state index in [0.29, 0.717) is 24.8 Å². The standard InChI is InChI=1S/C10H12N2O2.C7H9ClO/c11-6-9(10(12)14)7-3-1-2-4-8(13)5-7;8-6-3-1-2-4-7(9)5-6/h5,9H,1-4H2,(H2,12,14);5H,1-4H2. The number of rotatable bonds is 2. The second-order valence-electron chi connectivity index (χ2n) is 5.62. The molecule has 0 aromatic heterocycles. The molecular formula is C17H21ClN2O3. The van der Waals surface area contributed by atoms with Crippen LogP contribution < -0.4 is 5.73 Å². The summed E-state index contributed by atoms with van der Waals surface area (Å²) < 4.78 is 0. The van der Waals surface area contributed by atoms with Crippen molar-refractivity contribution in [3.05, 3.63) is 22.8 Å². The smallest absolute Gasteiger partial charge is 0.238 e. The molecule has 2 aliphatic rings. The van der Waals surface area contributed by atoms with Crippen LogP contribution in [0.4, 0.5) is 0 Å². The van der Waals surface area contributed by atoms with Crippen LogP contribution in [0.25, 0.3) is 0 Å². The summed E-state index contributed by atoms with van der Waals surface area (Å²) in [5.41, 5.74) is 5.63. The lowest BCUT2D eigenvalue weighted by Gasteiger charge is -2.07. The van der Waals surface area contributed by atoms with E-state index in [1.165, 1.54) is 6.08 Å². The number of nitrogens with two attached hydrogens (primary N) is 1. The molecule has 0 spiro atoms. The van der Waals surface area contributed by atoms with E-state index in [0.717, 1.165) is 37.1 Å². The Kier molecular flexibility index (Phi) is 8.28. The normalized spacial score (nSPS) is 19.8. The largest absolute Gasteiger partial charge is 0.368 e. The van der Waals surface area contributed by atoms with Gasteiger partial charge < -0.3 is 5.73 Å². The maximum atomic E-state index is 11.2. The van der Waals surface area contributed by atoms with Crippen LogP contribution in [0.15, 0.2) is 22.8 Å². The summed E-state index contributed by atoms with van der Waals surface area (Å²) in [5.74, 6) is -1.44. The number of hydrogen-bond donors (Lipinski definition) is 1. The van der Waals surface area contributed by atoms with Gasteiger partial charge in [-0.1, -0.05) is 11.6 Å². The number of ketones is 2. The van der Waals surface area contributed by atoms with Crippen molar-refractivity contribution in [3.63, 3.8) is 0 Å². The lowest BCUT2D eigenvalue weighted by molar-refractivity contribution is -0.119. The Hall–Kier alpha value is -1.93. The third-order valence-corrected chi connectivity index (χ3v) is 3.97. The van der Waals surface area contributed by atoms with Crippen LogP contribution in [0.5, 0.6) is 0 Å². The SMILES string of the molecule is N#CC(C(N)=O)C1=CC(=O)CCCC1.O=C1C=C(Cl)CCCC1. The van der Waals surface area contributed by atoms with E-state index in [4.69, 9.17) is 22.6 Å². The fourth-order valence-corrected chi connectivity index (χ4v) is 2.70. The number of nitrogens with zero attached hydrogens (tertiary/aromatic N) is 1. The number of carbonyl (C=O) groups is 3. The second-order valence-corrected chi connectivity index (χ2v) is 6.11. The molecule has 2 aliphatic carbocycles. The van der Waals surface area contributed by atoms with E-state index >= 15 is 0 Å². The Morgan fingerprint density at radius 1 is 1.04 bits per heavy atom. The highest BCUT2D eigenvalue weighted by Crippen LogP contribution is 2.21. The van der Waals surface area contributed by atoms with Crippen molar-refractivity contribution >= 4 is 29.1 Å². The van der Waals surface area contributed by atoms with Crippen LogP contribution in [0.1, 0.15) is 51.4 Å². The molecule has 2 rings (SSSR count). The molecule has 0 aliphatic heterocycles. The van der Waals surface area contributed by atoms with E-state index in [1.807, 2.05) is 6.07 Å². The molecule has 0 aromatic rings. The molecule has 0 heterocycles. The summed E-state index contributed by atoms with van der Waals surface area (Å²) in [6.45, 7) is 0. The lowest BCUT2D eigenvalue weighted by Crippen LogP contribution is -2.23. The van der Waals surface area contributed by atoms with Crippen LogP contribution in [0.3, 0.4) is 0 Å². The molecule has 124 valence electrons. The molecule has 0 saturated heterocycles. The van der Waals surface area contributed by atoms with Crippen molar-refractivity contribution in [1.29, 1.82) is 5.26 Å². The molecule has 1 atom stereocenters. The molecular weight excluding hydrogens is 316 g/mol. The highest BCUT2D eigenvalue weighted by Gasteiger charge is 2.21. The Bertz CT molecular complexity index is 573. The Labute approximate surface area is 141 Å². The van der Waals surface area contributed by atoms with Gasteiger partial charge in [0.1, 0.15) is 5.92 Å². The monoisotopic (exact) mass is 336 g/mol. The van der Waals surface area contributed by atoms with Crippen molar-refractivity contribution in [2.45, 2.75) is 51.4 Å². The summed E-state index contributed by atoms with van der Waals surface area (Å²) in [4.78, 5) is 32.8. The van der Waals surface area contributed by atoms with Gasteiger partial charge in [-0.15, -0.1) is 0 Å². The van der Waals surface area contributed by atoms with Crippen LogP contribution in [-0.2, 0) is 14.4 Å². The van der Waals surface area contributed by atoms with Gasteiger partial charge in [-0.3, -0.25) is 14.4 Å². The van der Waals surface area contributed by atoms with Gasteiger partial charge in [0.05, 0.1) is 6.07 Å². The fourth-order valence-electron chi connectivity index (χ4n) is 2.45. The molecule has 0 aromatic carbocycles. The minimum absolute atomic E-state index is 0.0148. The van der Waals surface area contributed by atoms with Crippen molar-refractivity contribution in [2.24, 2.45) is 11.7 Å². The van der Waals surface area contributed by atoms with Gasteiger partial charge in [0.25, 0.3) is 0 Å². The molecule has 1 unspecified atom stereocenters. The van der Waals surface area contributed by atoms with Gasteiger partial charge in [-0.05, 0) is 56.3 Å². The Balaban J connectivity index is 0.000000253. The van der Waals surface area contributed by atoms with Crippen molar-refractivity contribution < 1.29 is 14.4 Å². The number of carbonyl (C=O) groups excluding carboxylic acids is 3. The number of halogens is 1. The first kappa shape index (κ1) is 19.1. The molecule has 23 heavy (non-hydrogen) atoms. The van der Waals surface area contributed by atoms with Gasteiger partial charge in [0, 0.05) is 17.9 Å². The van der Waals surface area contributed by atoms with E-state index < -0.39 is 11.8 Å². The third-order valence-electron chi connectivity index (χ3n) is 3.68. The number of amides is 1. The summed E-state index contributed by atoms with van der Waals surface area (Å²) in [6.07, 6.45) is 9.34. The fraction of sp³-hybridized carbons (Fsp3) is 0.529. The summed E-state index contributed by atoms with van der Waals surface area (Å²) in [7, 11) is 0. The number of hydrogen-bond acceptors (Lipinski definition) is 4. The van der Waals surface area contributed by atoms with Gasteiger partial charge in [0.15, 0.2) is 11.6 Å². The Morgan fingerprint density at radius 3 is 2.13 bits per heavy atom. The van der Waals surface area contributed by atoms with Crippen LogP contribution in [0, 0.1) is 17.2 Å². The highest BCUT2D eigenvalue weighted by atomic mass is 35.5. The summed E-state index contributed by atoms with van der Waals surface area (Å²) in [5, 5.41) is 9.44. The Morgan fingerprint density at radius 2 is 1.57 bits per heavy atom. The zero-order valence-corrected chi connectivity index (χ0v) is 13.8. The van der Waals surface area contributed by atoms with E-state index in [1.54, 1.807) is 6.08 Å². The highest BCUT2D eigenvalue weighted by molar-refractivity contribution is 6.31. The first-order chi connectivity index (χ1) is 10.9. The van der Waals surface area contributed by atoms with E-state index in [9.17, 15) is 14.4 Å². The number of nitriles is 1. The van der Waals surface area contributed by atoms with Crippen molar-refractivity contribution in [1.82, 2.24) is 0 Å². The molecule has 5 nitrogen and oxygen atoms in total. The zero-order chi connectivity index (χ0) is 17.2. The topological polar surface area (TPSA) is 101 Å². The van der Waals surface area contributed by atoms with Gasteiger partial charge in [-0.2, -0.15) is 5.26 Å². The summed E-state index contributed by atoms with van der Waals surface area (Å²) >= 11 is 5.66. The minimum atomic E-state index is -0.933. The molecule has 0 radical (unpaired) electrons. The third kappa shape index (κ3) is 7.25. The predicted molar refractivity (Wildman–Crippen MR) is 87.3 cm³/mol. The second kappa shape index (κ2) is 9.96.